The molecular weight excluding hydrogens is 200 g/mol. The Bertz CT molecular complexity index is 520. The van der Waals surface area contributed by atoms with Crippen LogP contribution in [0.15, 0.2) is 24.5 Å². The average Bonchev–Trinajstić information content (AvgIpc) is 2.56. The topological polar surface area (TPSA) is 34.4 Å². The maximum Gasteiger partial charge on any atom is 0.153 e. The van der Waals surface area contributed by atoms with Gasteiger partial charge < -0.3 is 4.40 Å². The molecule has 0 saturated carbocycles. The summed E-state index contributed by atoms with van der Waals surface area (Å²) < 4.78 is 1.91. The van der Waals surface area contributed by atoms with Crippen LogP contribution in [0.3, 0.4) is 0 Å². The van der Waals surface area contributed by atoms with E-state index in [4.69, 9.17) is 0 Å². The lowest BCUT2D eigenvalue weighted by molar-refractivity contribution is 0.112. The molecule has 2 aromatic rings. The van der Waals surface area contributed by atoms with Gasteiger partial charge in [-0.05, 0) is 24.0 Å². The lowest BCUT2D eigenvalue weighted by atomic mass is 9.91. The van der Waals surface area contributed by atoms with Crippen molar-refractivity contribution in [1.29, 1.82) is 0 Å². The van der Waals surface area contributed by atoms with E-state index in [1.165, 1.54) is 0 Å². The van der Waals surface area contributed by atoms with Crippen LogP contribution in [0.1, 0.15) is 36.8 Å². The monoisotopic (exact) mass is 216 g/mol. The first kappa shape index (κ1) is 10.9. The smallest absolute Gasteiger partial charge is 0.153 e. The zero-order valence-corrected chi connectivity index (χ0v) is 9.90. The van der Waals surface area contributed by atoms with Gasteiger partial charge in [0.05, 0.1) is 11.3 Å². The van der Waals surface area contributed by atoms with E-state index < -0.39 is 0 Å². The van der Waals surface area contributed by atoms with E-state index in [-0.39, 0.29) is 5.41 Å². The fourth-order valence-corrected chi connectivity index (χ4v) is 1.81. The van der Waals surface area contributed by atoms with Crippen LogP contribution < -0.4 is 0 Å². The molecule has 0 aromatic carbocycles. The van der Waals surface area contributed by atoms with Gasteiger partial charge in [-0.25, -0.2) is 4.98 Å². The molecule has 0 spiro atoms. The van der Waals surface area contributed by atoms with Crippen molar-refractivity contribution in [3.8, 4) is 0 Å². The van der Waals surface area contributed by atoms with Gasteiger partial charge in [-0.2, -0.15) is 0 Å². The van der Waals surface area contributed by atoms with Crippen molar-refractivity contribution in [2.24, 2.45) is 5.41 Å². The number of nitrogens with zero attached hydrogens (tertiary/aromatic N) is 2. The molecule has 3 heteroatoms. The first-order valence-electron chi connectivity index (χ1n) is 5.41. The molecule has 0 atom stereocenters. The number of imidazole rings is 1. The Balaban J connectivity index is 2.48. The first-order valence-corrected chi connectivity index (χ1v) is 5.41. The quantitative estimate of drug-likeness (QED) is 0.723. The van der Waals surface area contributed by atoms with E-state index in [1.54, 1.807) is 6.07 Å². The number of hydrogen-bond donors (Lipinski definition) is 0. The third kappa shape index (κ3) is 2.13. The van der Waals surface area contributed by atoms with Gasteiger partial charge in [0.2, 0.25) is 0 Å². The van der Waals surface area contributed by atoms with Crippen LogP contribution in [0.25, 0.3) is 5.65 Å². The molecule has 0 N–H and O–H groups in total. The van der Waals surface area contributed by atoms with E-state index in [0.29, 0.717) is 5.56 Å². The van der Waals surface area contributed by atoms with Gasteiger partial charge in [-0.15, -0.1) is 0 Å². The number of pyridine rings is 1. The highest BCUT2D eigenvalue weighted by atomic mass is 16.1. The van der Waals surface area contributed by atoms with Crippen molar-refractivity contribution in [3.05, 3.63) is 35.8 Å². The fourth-order valence-electron chi connectivity index (χ4n) is 1.81. The van der Waals surface area contributed by atoms with Crippen LogP contribution >= 0.6 is 0 Å². The lowest BCUT2D eigenvalue weighted by Gasteiger charge is -2.15. The summed E-state index contributed by atoms with van der Waals surface area (Å²) in [7, 11) is 0. The Morgan fingerprint density at radius 3 is 2.81 bits per heavy atom. The van der Waals surface area contributed by atoms with Crippen molar-refractivity contribution >= 4 is 11.9 Å². The number of rotatable bonds is 2. The Labute approximate surface area is 95.1 Å². The molecule has 0 unspecified atom stereocenters. The summed E-state index contributed by atoms with van der Waals surface area (Å²) >= 11 is 0. The number of aromatic nitrogens is 2. The van der Waals surface area contributed by atoms with E-state index in [2.05, 4.69) is 25.8 Å². The van der Waals surface area contributed by atoms with Crippen LogP contribution in [0.2, 0.25) is 0 Å². The first-order chi connectivity index (χ1) is 7.49. The van der Waals surface area contributed by atoms with Gasteiger partial charge in [0, 0.05) is 12.4 Å². The minimum Gasteiger partial charge on any atom is -0.306 e. The Morgan fingerprint density at radius 2 is 2.19 bits per heavy atom. The number of carbonyl (C=O) groups is 1. The number of fused-ring (bicyclic) bond motifs is 1. The number of hydrogen-bond acceptors (Lipinski definition) is 2. The molecule has 3 nitrogen and oxygen atoms in total. The molecule has 0 amide bonds. The molecule has 0 radical (unpaired) electrons. The predicted molar refractivity (Wildman–Crippen MR) is 63.7 cm³/mol. The molecule has 2 heterocycles. The van der Waals surface area contributed by atoms with E-state index in [1.807, 2.05) is 22.9 Å². The van der Waals surface area contributed by atoms with Crippen molar-refractivity contribution in [2.75, 3.05) is 0 Å². The molecule has 0 aliphatic carbocycles. The molecular formula is C13H16N2O. The molecule has 16 heavy (non-hydrogen) atoms. The summed E-state index contributed by atoms with van der Waals surface area (Å²) in [6.45, 7) is 6.53. The second-order valence-electron chi connectivity index (χ2n) is 5.28. The Kier molecular flexibility index (Phi) is 2.54. The third-order valence-electron chi connectivity index (χ3n) is 2.40. The predicted octanol–water partition coefficient (Wildman–Crippen LogP) is 2.74. The maximum absolute atomic E-state index is 10.9. The molecule has 0 aliphatic rings. The largest absolute Gasteiger partial charge is 0.306 e. The van der Waals surface area contributed by atoms with Crippen molar-refractivity contribution in [1.82, 2.24) is 9.38 Å². The minimum absolute atomic E-state index is 0.208. The molecule has 0 bridgehead atoms. The number of carbonyl (C=O) groups excluding carboxylic acids is 1. The van der Waals surface area contributed by atoms with Gasteiger partial charge in [-0.1, -0.05) is 20.8 Å². The van der Waals surface area contributed by atoms with Gasteiger partial charge in [-0.3, -0.25) is 4.79 Å². The maximum atomic E-state index is 10.9. The number of aldehydes is 1. The molecule has 0 aliphatic heterocycles. The second-order valence-corrected chi connectivity index (χ2v) is 5.28. The van der Waals surface area contributed by atoms with E-state index >= 15 is 0 Å². The van der Waals surface area contributed by atoms with Crippen molar-refractivity contribution in [2.45, 2.75) is 27.2 Å². The summed E-state index contributed by atoms with van der Waals surface area (Å²) in [5.41, 5.74) is 2.63. The zero-order chi connectivity index (χ0) is 11.8. The third-order valence-corrected chi connectivity index (χ3v) is 2.40. The molecule has 0 saturated heterocycles. The van der Waals surface area contributed by atoms with Crippen molar-refractivity contribution < 1.29 is 4.79 Å². The highest BCUT2D eigenvalue weighted by Gasteiger charge is 2.14. The summed E-state index contributed by atoms with van der Waals surface area (Å²) in [4.78, 5) is 15.4. The van der Waals surface area contributed by atoms with E-state index in [0.717, 1.165) is 24.0 Å². The van der Waals surface area contributed by atoms with E-state index in [9.17, 15) is 4.79 Å². The fraction of sp³-hybridized carbons (Fsp3) is 0.385. The van der Waals surface area contributed by atoms with Crippen LogP contribution in [0.4, 0.5) is 0 Å². The van der Waals surface area contributed by atoms with Gasteiger partial charge in [0.1, 0.15) is 5.65 Å². The average molecular weight is 216 g/mol. The summed E-state index contributed by atoms with van der Waals surface area (Å²) in [6, 6.07) is 3.65. The zero-order valence-electron chi connectivity index (χ0n) is 9.90. The lowest BCUT2D eigenvalue weighted by Crippen LogP contribution is -2.09. The minimum atomic E-state index is 0.208. The molecule has 84 valence electrons. The van der Waals surface area contributed by atoms with Crippen molar-refractivity contribution in [3.63, 3.8) is 0 Å². The van der Waals surface area contributed by atoms with Gasteiger partial charge in [0.15, 0.2) is 6.29 Å². The van der Waals surface area contributed by atoms with Crippen LogP contribution in [0.5, 0.6) is 0 Å². The molecule has 0 fully saturated rings. The second kappa shape index (κ2) is 3.74. The Morgan fingerprint density at radius 1 is 1.44 bits per heavy atom. The summed E-state index contributed by atoms with van der Waals surface area (Å²) in [5, 5.41) is 0. The van der Waals surface area contributed by atoms with Gasteiger partial charge >= 0.3 is 0 Å². The SMILES string of the molecule is CC(C)(C)Cc1cn2cccc(C=O)c2n1. The Hall–Kier alpha value is -1.64. The summed E-state index contributed by atoms with van der Waals surface area (Å²) in [5.74, 6) is 0. The molecule has 2 aromatic heterocycles. The van der Waals surface area contributed by atoms with Crippen LogP contribution in [-0.2, 0) is 6.42 Å². The normalized spacial score (nSPS) is 11.9. The van der Waals surface area contributed by atoms with Gasteiger partial charge in [0.25, 0.3) is 0 Å². The summed E-state index contributed by atoms with van der Waals surface area (Å²) in [6.07, 6.45) is 5.67. The highest BCUT2D eigenvalue weighted by Crippen LogP contribution is 2.20. The van der Waals surface area contributed by atoms with Crippen LogP contribution in [-0.4, -0.2) is 15.7 Å². The highest BCUT2D eigenvalue weighted by molar-refractivity contribution is 5.84. The van der Waals surface area contributed by atoms with Crippen LogP contribution in [0, 0.1) is 5.41 Å². The molecule has 2 rings (SSSR count). The standard InChI is InChI=1S/C13H16N2O/c1-13(2,3)7-11-8-15-6-4-5-10(9-16)12(15)14-11/h4-6,8-9H,7H2,1-3H3.